The average molecular weight is 395 g/mol. The first-order valence-electron chi connectivity index (χ1n) is 8.76. The van der Waals surface area contributed by atoms with Crippen molar-refractivity contribution in [2.75, 3.05) is 25.0 Å². The summed E-state index contributed by atoms with van der Waals surface area (Å²) in [5.41, 5.74) is -0.315. The predicted octanol–water partition coefficient (Wildman–Crippen LogP) is 2.68. The lowest BCUT2D eigenvalue weighted by molar-refractivity contribution is -0.140. The second-order valence-electron chi connectivity index (χ2n) is 6.46. The number of carbonyl (C=O) groups is 1. The summed E-state index contributed by atoms with van der Waals surface area (Å²) in [4.78, 5) is 17.3. The van der Waals surface area contributed by atoms with Crippen molar-refractivity contribution in [3.05, 3.63) is 53.9 Å². The number of halogens is 3. The van der Waals surface area contributed by atoms with Crippen LogP contribution in [0.5, 0.6) is 5.75 Å². The van der Waals surface area contributed by atoms with Crippen LogP contribution >= 0.6 is 0 Å². The number of alkyl halides is 3. The molecule has 28 heavy (non-hydrogen) atoms. The minimum absolute atomic E-state index is 0.0750. The molecular weight excluding hydrogens is 375 g/mol. The van der Waals surface area contributed by atoms with Crippen LogP contribution in [0, 0.1) is 0 Å². The van der Waals surface area contributed by atoms with Gasteiger partial charge in [-0.1, -0.05) is 12.1 Å². The molecule has 0 spiro atoms. The van der Waals surface area contributed by atoms with Crippen molar-refractivity contribution in [2.24, 2.45) is 0 Å². The quantitative estimate of drug-likeness (QED) is 0.787. The van der Waals surface area contributed by atoms with Gasteiger partial charge in [-0.25, -0.2) is 4.98 Å². The number of hydrogen-bond donors (Lipinski definition) is 2. The van der Waals surface area contributed by atoms with E-state index < -0.39 is 11.9 Å². The number of aliphatic hydroxyl groups excluding tert-OH is 1. The number of hydrogen-bond acceptors (Lipinski definition) is 5. The van der Waals surface area contributed by atoms with Gasteiger partial charge in [0.1, 0.15) is 5.75 Å². The van der Waals surface area contributed by atoms with Gasteiger partial charge in [-0.2, -0.15) is 13.2 Å². The Kier molecular flexibility index (Phi) is 6.03. The second-order valence-corrected chi connectivity index (χ2v) is 6.46. The zero-order valence-corrected chi connectivity index (χ0v) is 14.9. The van der Waals surface area contributed by atoms with Gasteiger partial charge in [0.15, 0.2) is 12.3 Å². The monoisotopic (exact) mass is 395 g/mol. The first-order chi connectivity index (χ1) is 13.4. The fourth-order valence-corrected chi connectivity index (χ4v) is 3.00. The summed E-state index contributed by atoms with van der Waals surface area (Å²) in [5, 5.41) is 11.9. The molecule has 2 aromatic rings. The average Bonchev–Trinajstić information content (AvgIpc) is 3.14. The maximum Gasteiger partial charge on any atom is 0.435 e. The number of ether oxygens (including phenoxy) is 1. The van der Waals surface area contributed by atoms with E-state index >= 15 is 0 Å². The van der Waals surface area contributed by atoms with E-state index in [4.69, 9.17) is 9.84 Å². The van der Waals surface area contributed by atoms with E-state index in [1.165, 1.54) is 12.1 Å². The minimum Gasteiger partial charge on any atom is -0.484 e. The van der Waals surface area contributed by atoms with E-state index in [1.54, 1.807) is 29.2 Å². The van der Waals surface area contributed by atoms with Gasteiger partial charge in [0, 0.05) is 25.3 Å². The SMILES string of the molecule is O=C(COc1ccc(CO)cc1)N1CC[C@H](Nc2cccnc2C(F)(F)F)C1. The number of benzene rings is 1. The number of anilines is 1. The molecule has 0 radical (unpaired) electrons. The number of pyridine rings is 1. The highest BCUT2D eigenvalue weighted by atomic mass is 19.4. The summed E-state index contributed by atoms with van der Waals surface area (Å²) in [5.74, 6) is 0.266. The van der Waals surface area contributed by atoms with E-state index in [9.17, 15) is 18.0 Å². The normalized spacial score (nSPS) is 16.9. The van der Waals surface area contributed by atoms with Crippen LogP contribution < -0.4 is 10.1 Å². The van der Waals surface area contributed by atoms with Gasteiger partial charge >= 0.3 is 6.18 Å². The Morgan fingerprint density at radius 3 is 2.71 bits per heavy atom. The van der Waals surface area contributed by atoms with Crippen molar-refractivity contribution < 1.29 is 27.8 Å². The highest BCUT2D eigenvalue weighted by Crippen LogP contribution is 2.33. The Hall–Kier alpha value is -2.81. The van der Waals surface area contributed by atoms with Gasteiger partial charge in [0.25, 0.3) is 5.91 Å². The van der Waals surface area contributed by atoms with Crippen molar-refractivity contribution >= 4 is 11.6 Å². The Morgan fingerprint density at radius 1 is 1.29 bits per heavy atom. The van der Waals surface area contributed by atoms with E-state index in [0.29, 0.717) is 18.7 Å². The lowest BCUT2D eigenvalue weighted by Crippen LogP contribution is -2.35. The Labute approximate surface area is 159 Å². The summed E-state index contributed by atoms with van der Waals surface area (Å²) in [6, 6.07) is 9.19. The molecule has 0 unspecified atom stereocenters. The molecular formula is C19H20F3N3O3. The van der Waals surface area contributed by atoms with Gasteiger partial charge in [-0.15, -0.1) is 0 Å². The van der Waals surface area contributed by atoms with Crippen LogP contribution in [0.15, 0.2) is 42.6 Å². The van der Waals surface area contributed by atoms with Crippen LogP contribution in [-0.4, -0.2) is 46.6 Å². The first-order valence-corrected chi connectivity index (χ1v) is 8.76. The third-order valence-corrected chi connectivity index (χ3v) is 4.45. The molecule has 2 heterocycles. The maximum absolute atomic E-state index is 13.0. The third kappa shape index (κ3) is 4.92. The van der Waals surface area contributed by atoms with Crippen molar-refractivity contribution in [1.29, 1.82) is 0 Å². The molecule has 1 aromatic heterocycles. The molecule has 1 amide bonds. The highest BCUT2D eigenvalue weighted by molar-refractivity contribution is 5.78. The van der Waals surface area contributed by atoms with E-state index in [0.717, 1.165) is 11.8 Å². The molecule has 1 saturated heterocycles. The standard InChI is InChI=1S/C19H20F3N3O3/c20-19(21,22)18-16(2-1-8-23-18)24-14-7-9-25(10-14)17(27)12-28-15-5-3-13(11-26)4-6-15/h1-6,8,14,24,26H,7,9-12H2/t14-/m0/s1. The molecule has 3 rings (SSSR count). The summed E-state index contributed by atoms with van der Waals surface area (Å²) < 4.78 is 44.6. The first kappa shape index (κ1) is 19.9. The second kappa shape index (κ2) is 8.47. The molecule has 1 aliphatic heterocycles. The topological polar surface area (TPSA) is 74.7 Å². The molecule has 0 aliphatic carbocycles. The third-order valence-electron chi connectivity index (χ3n) is 4.45. The van der Waals surface area contributed by atoms with Crippen LogP contribution in [0.4, 0.5) is 18.9 Å². The summed E-state index contributed by atoms with van der Waals surface area (Å²) in [7, 11) is 0. The summed E-state index contributed by atoms with van der Waals surface area (Å²) in [6.45, 7) is 0.489. The van der Waals surface area contributed by atoms with Gasteiger partial charge in [0.2, 0.25) is 0 Å². The number of nitrogens with zero attached hydrogens (tertiary/aromatic N) is 2. The minimum atomic E-state index is -4.54. The van der Waals surface area contributed by atoms with Gasteiger partial charge in [-0.3, -0.25) is 4.79 Å². The fraction of sp³-hybridized carbons (Fsp3) is 0.368. The van der Waals surface area contributed by atoms with E-state index in [1.807, 2.05) is 0 Å². The number of amides is 1. The maximum atomic E-state index is 13.0. The number of carbonyl (C=O) groups excluding carboxylic acids is 1. The van der Waals surface area contributed by atoms with Crippen LogP contribution in [0.2, 0.25) is 0 Å². The number of aliphatic hydroxyl groups is 1. The number of rotatable bonds is 6. The van der Waals surface area contributed by atoms with Gasteiger partial charge in [0.05, 0.1) is 12.3 Å². The van der Waals surface area contributed by atoms with E-state index in [-0.39, 0.29) is 37.4 Å². The molecule has 1 aromatic carbocycles. The molecule has 1 fully saturated rings. The van der Waals surface area contributed by atoms with Gasteiger partial charge in [-0.05, 0) is 36.2 Å². The van der Waals surface area contributed by atoms with Gasteiger partial charge < -0.3 is 20.1 Å². The smallest absolute Gasteiger partial charge is 0.435 e. The molecule has 6 nitrogen and oxygen atoms in total. The Balaban J connectivity index is 1.53. The zero-order chi connectivity index (χ0) is 20.1. The summed E-state index contributed by atoms with van der Waals surface area (Å²) in [6.07, 6.45) is -2.91. The predicted molar refractivity (Wildman–Crippen MR) is 95.7 cm³/mol. The van der Waals surface area contributed by atoms with Crippen LogP contribution in [0.25, 0.3) is 0 Å². The number of nitrogens with one attached hydrogen (secondary N) is 1. The molecule has 0 saturated carbocycles. The molecule has 2 N–H and O–H groups in total. The largest absolute Gasteiger partial charge is 0.484 e. The molecule has 9 heteroatoms. The molecule has 1 aliphatic rings. The lowest BCUT2D eigenvalue weighted by Gasteiger charge is -2.19. The fourth-order valence-electron chi connectivity index (χ4n) is 3.00. The zero-order valence-electron chi connectivity index (χ0n) is 14.9. The summed E-state index contributed by atoms with van der Waals surface area (Å²) >= 11 is 0. The Bertz CT molecular complexity index is 812. The number of likely N-dealkylation sites (tertiary alicyclic amines) is 1. The van der Waals surface area contributed by atoms with Crippen LogP contribution in [-0.2, 0) is 17.6 Å². The van der Waals surface area contributed by atoms with Crippen molar-refractivity contribution in [3.63, 3.8) is 0 Å². The molecule has 0 bridgehead atoms. The van der Waals surface area contributed by atoms with Crippen LogP contribution in [0.3, 0.4) is 0 Å². The van der Waals surface area contributed by atoms with E-state index in [2.05, 4.69) is 10.3 Å². The lowest BCUT2D eigenvalue weighted by atomic mass is 10.2. The van der Waals surface area contributed by atoms with Crippen LogP contribution in [0.1, 0.15) is 17.7 Å². The van der Waals surface area contributed by atoms with Crippen molar-refractivity contribution in [1.82, 2.24) is 9.88 Å². The number of aromatic nitrogens is 1. The molecule has 1 atom stereocenters. The highest BCUT2D eigenvalue weighted by Gasteiger charge is 2.36. The van der Waals surface area contributed by atoms with Crippen molar-refractivity contribution in [2.45, 2.75) is 25.2 Å². The van der Waals surface area contributed by atoms with Crippen molar-refractivity contribution in [3.8, 4) is 5.75 Å². The molecule has 150 valence electrons. The Morgan fingerprint density at radius 2 is 2.04 bits per heavy atom.